The number of imidazole rings is 1. The van der Waals surface area contributed by atoms with Gasteiger partial charge in [-0.05, 0) is 12.8 Å². The minimum atomic E-state index is 0.132. The number of aromatic nitrogens is 3. The Balaban J connectivity index is 1.57. The van der Waals surface area contributed by atoms with Crippen molar-refractivity contribution in [3.8, 4) is 0 Å². The van der Waals surface area contributed by atoms with Gasteiger partial charge in [-0.3, -0.25) is 4.79 Å². The highest BCUT2D eigenvalue weighted by molar-refractivity contribution is 6.29. The Morgan fingerprint density at radius 3 is 3.16 bits per heavy atom. The second kappa shape index (κ2) is 8.49. The molecule has 3 heterocycles. The summed E-state index contributed by atoms with van der Waals surface area (Å²) in [7, 11) is 1.69. The molecular formula is C17H23ClN4O3. The second-order valence-electron chi connectivity index (χ2n) is 6.27. The monoisotopic (exact) mass is 366 g/mol. The molecule has 2 aromatic rings. The molecule has 0 N–H and O–H groups in total. The molecule has 2 aromatic heterocycles. The van der Waals surface area contributed by atoms with E-state index in [4.69, 9.17) is 20.9 Å². The first-order chi connectivity index (χ1) is 12.2. The van der Waals surface area contributed by atoms with Gasteiger partial charge in [0.25, 0.3) is 0 Å². The maximum Gasteiger partial charge on any atom is 0.223 e. The van der Waals surface area contributed by atoms with Crippen molar-refractivity contribution in [1.29, 1.82) is 0 Å². The van der Waals surface area contributed by atoms with E-state index in [1.54, 1.807) is 13.2 Å². The van der Waals surface area contributed by atoms with Crippen molar-refractivity contribution in [2.75, 3.05) is 26.8 Å². The van der Waals surface area contributed by atoms with E-state index in [9.17, 15) is 4.79 Å². The van der Waals surface area contributed by atoms with E-state index < -0.39 is 0 Å². The molecule has 3 rings (SSSR count). The number of rotatable bonds is 7. The van der Waals surface area contributed by atoms with Gasteiger partial charge in [0.05, 0.1) is 6.61 Å². The van der Waals surface area contributed by atoms with E-state index in [0.717, 1.165) is 31.8 Å². The van der Waals surface area contributed by atoms with Crippen LogP contribution in [0.5, 0.6) is 0 Å². The van der Waals surface area contributed by atoms with E-state index in [0.29, 0.717) is 36.9 Å². The third kappa shape index (κ3) is 4.61. The van der Waals surface area contributed by atoms with Crippen LogP contribution in [-0.2, 0) is 22.5 Å². The van der Waals surface area contributed by atoms with Crippen LogP contribution in [0.15, 0.2) is 23.0 Å². The first-order valence-electron chi connectivity index (χ1n) is 8.56. The topological polar surface area (TPSA) is 73.4 Å². The van der Waals surface area contributed by atoms with Gasteiger partial charge in [0.2, 0.25) is 5.91 Å². The zero-order valence-corrected chi connectivity index (χ0v) is 15.1. The Hall–Kier alpha value is -1.86. The van der Waals surface area contributed by atoms with Gasteiger partial charge in [-0.25, -0.2) is 4.98 Å². The molecule has 8 heteroatoms. The molecule has 136 valence electrons. The summed E-state index contributed by atoms with van der Waals surface area (Å²) in [5.74, 6) is 2.08. The molecule has 0 radical (unpaired) electrons. The van der Waals surface area contributed by atoms with E-state index in [2.05, 4.69) is 14.7 Å². The molecule has 1 fully saturated rings. The quantitative estimate of drug-likeness (QED) is 0.752. The second-order valence-corrected chi connectivity index (χ2v) is 6.65. The number of nitrogens with zero attached hydrogens (tertiary/aromatic N) is 4. The van der Waals surface area contributed by atoms with Crippen LogP contribution in [0.25, 0.3) is 0 Å². The first kappa shape index (κ1) is 17.9. The minimum absolute atomic E-state index is 0.132. The Labute approximate surface area is 151 Å². The summed E-state index contributed by atoms with van der Waals surface area (Å²) in [6.45, 7) is 2.94. The Morgan fingerprint density at radius 2 is 2.40 bits per heavy atom. The Kier molecular flexibility index (Phi) is 6.09. The van der Waals surface area contributed by atoms with Gasteiger partial charge in [-0.15, -0.1) is 0 Å². The molecule has 1 atom stereocenters. The summed E-state index contributed by atoms with van der Waals surface area (Å²) in [5.41, 5.74) is 0. The summed E-state index contributed by atoms with van der Waals surface area (Å²) < 4.78 is 12.3. The number of hydrogen-bond donors (Lipinski definition) is 0. The van der Waals surface area contributed by atoms with Crippen LogP contribution in [-0.4, -0.2) is 52.3 Å². The number of amides is 1. The van der Waals surface area contributed by atoms with Gasteiger partial charge in [0, 0.05) is 64.0 Å². The van der Waals surface area contributed by atoms with Crippen LogP contribution in [0.1, 0.15) is 36.8 Å². The van der Waals surface area contributed by atoms with E-state index in [-0.39, 0.29) is 11.8 Å². The largest absolute Gasteiger partial charge is 0.383 e. The van der Waals surface area contributed by atoms with Crippen LogP contribution in [0.4, 0.5) is 0 Å². The van der Waals surface area contributed by atoms with Crippen molar-refractivity contribution in [3.05, 3.63) is 35.2 Å². The molecule has 7 nitrogen and oxygen atoms in total. The highest BCUT2D eigenvalue weighted by Gasteiger charge is 2.27. The lowest BCUT2D eigenvalue weighted by Crippen LogP contribution is -2.40. The molecular weight excluding hydrogens is 344 g/mol. The average molecular weight is 367 g/mol. The normalized spacial score (nSPS) is 17.8. The zero-order chi connectivity index (χ0) is 17.6. The van der Waals surface area contributed by atoms with Crippen molar-refractivity contribution >= 4 is 17.5 Å². The number of carbonyl (C=O) groups excluding carboxylic acids is 1. The summed E-state index contributed by atoms with van der Waals surface area (Å²) in [6, 6.07) is 1.65. The fraction of sp³-hybridized carbons (Fsp3) is 0.588. The summed E-state index contributed by atoms with van der Waals surface area (Å²) in [6.07, 6.45) is 6.74. The van der Waals surface area contributed by atoms with Gasteiger partial charge >= 0.3 is 0 Å². The highest BCUT2D eigenvalue weighted by atomic mass is 35.5. The third-order valence-corrected chi connectivity index (χ3v) is 4.72. The lowest BCUT2D eigenvalue weighted by molar-refractivity contribution is -0.132. The molecule has 1 amide bonds. The predicted octanol–water partition coefficient (Wildman–Crippen LogP) is 2.51. The molecule has 0 spiro atoms. The van der Waals surface area contributed by atoms with Crippen molar-refractivity contribution in [3.63, 3.8) is 0 Å². The first-order valence-corrected chi connectivity index (χ1v) is 8.94. The number of methoxy groups -OCH3 is 1. The number of piperidine rings is 1. The molecule has 1 aliphatic heterocycles. The van der Waals surface area contributed by atoms with Crippen LogP contribution in [0.3, 0.4) is 0 Å². The Morgan fingerprint density at radius 1 is 1.52 bits per heavy atom. The molecule has 0 bridgehead atoms. The molecule has 0 unspecified atom stereocenters. The minimum Gasteiger partial charge on any atom is -0.383 e. The predicted molar refractivity (Wildman–Crippen MR) is 92.5 cm³/mol. The summed E-state index contributed by atoms with van der Waals surface area (Å²) in [4.78, 5) is 19.0. The van der Waals surface area contributed by atoms with E-state index >= 15 is 0 Å². The van der Waals surface area contributed by atoms with Crippen LogP contribution in [0.2, 0.25) is 5.15 Å². The van der Waals surface area contributed by atoms with Crippen LogP contribution < -0.4 is 0 Å². The molecule has 1 saturated heterocycles. The number of aryl methyl sites for hydroxylation is 1. The summed E-state index contributed by atoms with van der Waals surface area (Å²) in [5, 5.41) is 3.95. The number of halogens is 1. The van der Waals surface area contributed by atoms with E-state index in [1.807, 2.05) is 17.3 Å². The zero-order valence-electron chi connectivity index (χ0n) is 14.4. The van der Waals surface area contributed by atoms with Crippen LogP contribution >= 0.6 is 11.6 Å². The Bertz CT molecular complexity index is 700. The van der Waals surface area contributed by atoms with Gasteiger partial charge in [0.1, 0.15) is 11.6 Å². The van der Waals surface area contributed by atoms with Crippen molar-refractivity contribution < 1.29 is 14.1 Å². The lowest BCUT2D eigenvalue weighted by atomic mass is 9.96. The molecule has 1 aliphatic rings. The molecule has 25 heavy (non-hydrogen) atoms. The summed E-state index contributed by atoms with van der Waals surface area (Å²) >= 11 is 5.73. The number of likely N-dealkylation sites (tertiary alicyclic amines) is 1. The number of ether oxygens (including phenoxy) is 1. The van der Waals surface area contributed by atoms with Gasteiger partial charge in [-0.1, -0.05) is 16.8 Å². The van der Waals surface area contributed by atoms with Crippen molar-refractivity contribution in [1.82, 2.24) is 19.6 Å². The smallest absolute Gasteiger partial charge is 0.223 e. The van der Waals surface area contributed by atoms with E-state index in [1.165, 1.54) is 0 Å². The SMILES string of the molecule is COCCn1ccnc1[C@@H]1CCCN(C(=O)CCc2cc(Cl)no2)C1. The van der Waals surface area contributed by atoms with Gasteiger partial charge < -0.3 is 18.7 Å². The highest BCUT2D eigenvalue weighted by Crippen LogP contribution is 2.26. The fourth-order valence-corrected chi connectivity index (χ4v) is 3.42. The number of carbonyl (C=O) groups is 1. The van der Waals surface area contributed by atoms with Crippen molar-refractivity contribution in [2.45, 2.75) is 38.1 Å². The average Bonchev–Trinajstić information content (AvgIpc) is 3.26. The third-order valence-electron chi connectivity index (χ3n) is 4.54. The maximum atomic E-state index is 12.5. The molecule has 0 saturated carbocycles. The maximum absolute atomic E-state index is 12.5. The van der Waals surface area contributed by atoms with Gasteiger partial charge in [0.15, 0.2) is 5.15 Å². The standard InChI is InChI=1S/C17H23ClN4O3/c1-24-10-9-21-8-6-19-17(21)13-3-2-7-22(12-13)16(23)5-4-14-11-15(18)20-25-14/h6,8,11,13H,2-5,7,9-10,12H2,1H3/t13-/m1/s1. The lowest BCUT2D eigenvalue weighted by Gasteiger charge is -2.32. The number of hydrogen-bond acceptors (Lipinski definition) is 5. The molecule has 0 aromatic carbocycles. The van der Waals surface area contributed by atoms with Crippen molar-refractivity contribution in [2.24, 2.45) is 0 Å². The van der Waals surface area contributed by atoms with Gasteiger partial charge in [-0.2, -0.15) is 0 Å². The molecule has 0 aliphatic carbocycles. The fourth-order valence-electron chi connectivity index (χ4n) is 3.27. The van der Waals surface area contributed by atoms with Crippen LogP contribution in [0, 0.1) is 0 Å².